The topological polar surface area (TPSA) is 29.5 Å². The molecule has 2 aromatic rings. The van der Waals surface area contributed by atoms with E-state index in [0.717, 1.165) is 6.41 Å². The number of amides is 1. The molecular formula is C16H17NO2. The maximum Gasteiger partial charge on any atom is 0.209 e. The zero-order valence-corrected chi connectivity index (χ0v) is 11.0. The molecule has 0 radical (unpaired) electrons. The van der Waals surface area contributed by atoms with E-state index in [4.69, 9.17) is 4.74 Å². The van der Waals surface area contributed by atoms with Crippen molar-refractivity contribution in [2.24, 2.45) is 0 Å². The number of nitrogens with zero attached hydrogens (tertiary/aromatic N) is 1. The molecule has 0 spiro atoms. The van der Waals surface area contributed by atoms with E-state index in [1.165, 1.54) is 21.9 Å². The van der Waals surface area contributed by atoms with Crippen molar-refractivity contribution < 1.29 is 9.53 Å². The summed E-state index contributed by atoms with van der Waals surface area (Å²) in [4.78, 5) is 12.7. The number of fused-ring (bicyclic) bond motifs is 1. The monoisotopic (exact) mass is 255 g/mol. The molecule has 98 valence electrons. The van der Waals surface area contributed by atoms with Gasteiger partial charge in [0.15, 0.2) is 0 Å². The highest BCUT2D eigenvalue weighted by Crippen LogP contribution is 2.30. The van der Waals surface area contributed by atoms with Crippen LogP contribution < -0.4 is 0 Å². The van der Waals surface area contributed by atoms with Gasteiger partial charge in [-0.15, -0.1) is 0 Å². The number of aryl methyl sites for hydroxylation is 1. The number of hydrogen-bond acceptors (Lipinski definition) is 2. The second-order valence-corrected chi connectivity index (χ2v) is 4.98. The standard InChI is InChI=1S/C16H17NO2/c1-12-6-7-15(14-5-3-2-4-13(12)14)16-10-17(11-18)8-9-19-16/h2-7,11,16H,8-10H2,1H3. The lowest BCUT2D eigenvalue weighted by Gasteiger charge is -2.31. The average molecular weight is 255 g/mol. The number of hydrogen-bond donors (Lipinski definition) is 0. The van der Waals surface area contributed by atoms with Gasteiger partial charge in [-0.05, 0) is 28.8 Å². The summed E-state index contributed by atoms with van der Waals surface area (Å²) in [5.41, 5.74) is 2.44. The van der Waals surface area contributed by atoms with Crippen LogP contribution in [0.3, 0.4) is 0 Å². The fraction of sp³-hybridized carbons (Fsp3) is 0.312. The average Bonchev–Trinajstić information content (AvgIpc) is 2.48. The van der Waals surface area contributed by atoms with Gasteiger partial charge in [0.25, 0.3) is 0 Å². The van der Waals surface area contributed by atoms with Crippen LogP contribution in [0.25, 0.3) is 10.8 Å². The van der Waals surface area contributed by atoms with Gasteiger partial charge in [-0.3, -0.25) is 4.79 Å². The molecule has 3 heteroatoms. The quantitative estimate of drug-likeness (QED) is 0.772. The van der Waals surface area contributed by atoms with Crippen molar-refractivity contribution in [2.75, 3.05) is 19.7 Å². The van der Waals surface area contributed by atoms with Gasteiger partial charge in [0, 0.05) is 6.54 Å². The molecule has 1 saturated heterocycles. The predicted octanol–water partition coefficient (Wildman–Crippen LogP) is 2.68. The van der Waals surface area contributed by atoms with E-state index in [-0.39, 0.29) is 6.10 Å². The van der Waals surface area contributed by atoms with Gasteiger partial charge in [0.2, 0.25) is 6.41 Å². The molecule has 1 heterocycles. The van der Waals surface area contributed by atoms with E-state index in [9.17, 15) is 4.79 Å². The van der Waals surface area contributed by atoms with Crippen molar-refractivity contribution in [1.29, 1.82) is 0 Å². The molecule has 1 amide bonds. The Labute approximate surface area is 112 Å². The third kappa shape index (κ3) is 2.22. The van der Waals surface area contributed by atoms with E-state index >= 15 is 0 Å². The van der Waals surface area contributed by atoms with Crippen LogP contribution in [0, 0.1) is 6.92 Å². The molecule has 1 fully saturated rings. The molecule has 1 aliphatic rings. The zero-order chi connectivity index (χ0) is 13.2. The maximum atomic E-state index is 10.9. The van der Waals surface area contributed by atoms with E-state index in [1.54, 1.807) is 4.90 Å². The highest BCUT2D eigenvalue weighted by atomic mass is 16.5. The molecular weight excluding hydrogens is 238 g/mol. The Morgan fingerprint density at radius 2 is 2.00 bits per heavy atom. The van der Waals surface area contributed by atoms with Crippen molar-refractivity contribution in [1.82, 2.24) is 4.90 Å². The maximum absolute atomic E-state index is 10.9. The normalized spacial score (nSPS) is 19.6. The fourth-order valence-electron chi connectivity index (χ4n) is 2.71. The van der Waals surface area contributed by atoms with E-state index in [2.05, 4.69) is 37.3 Å². The molecule has 3 nitrogen and oxygen atoms in total. The molecule has 1 unspecified atom stereocenters. The van der Waals surface area contributed by atoms with Crippen molar-refractivity contribution in [3.8, 4) is 0 Å². The van der Waals surface area contributed by atoms with E-state index < -0.39 is 0 Å². The molecule has 0 saturated carbocycles. The van der Waals surface area contributed by atoms with Gasteiger partial charge in [0.05, 0.1) is 13.2 Å². The summed E-state index contributed by atoms with van der Waals surface area (Å²) >= 11 is 0. The summed E-state index contributed by atoms with van der Waals surface area (Å²) in [5.74, 6) is 0. The first-order valence-corrected chi connectivity index (χ1v) is 6.59. The predicted molar refractivity (Wildman–Crippen MR) is 75.0 cm³/mol. The Morgan fingerprint density at radius 1 is 1.21 bits per heavy atom. The molecule has 3 rings (SSSR count). The second kappa shape index (κ2) is 5.02. The third-order valence-electron chi connectivity index (χ3n) is 3.77. The Hall–Kier alpha value is -1.87. The number of carbonyl (C=O) groups excluding carboxylic acids is 1. The van der Waals surface area contributed by atoms with E-state index in [0.29, 0.717) is 19.7 Å². The lowest BCUT2D eigenvalue weighted by molar-refractivity contribution is -0.125. The fourth-order valence-corrected chi connectivity index (χ4v) is 2.71. The Kier molecular flexibility index (Phi) is 3.22. The molecule has 1 aliphatic heterocycles. The van der Waals surface area contributed by atoms with Gasteiger partial charge in [-0.1, -0.05) is 36.4 Å². The smallest absolute Gasteiger partial charge is 0.209 e. The number of morpholine rings is 1. The minimum atomic E-state index is -0.0237. The highest BCUT2D eigenvalue weighted by molar-refractivity contribution is 5.88. The number of ether oxygens (including phenoxy) is 1. The van der Waals surface area contributed by atoms with Crippen LogP contribution in [0.1, 0.15) is 17.2 Å². The summed E-state index contributed by atoms with van der Waals surface area (Å²) in [7, 11) is 0. The van der Waals surface area contributed by atoms with Crippen LogP contribution in [0.2, 0.25) is 0 Å². The SMILES string of the molecule is Cc1ccc(C2CN(C=O)CCO2)c2ccccc12. The molecule has 0 N–H and O–H groups in total. The van der Waals surface area contributed by atoms with Gasteiger partial charge < -0.3 is 9.64 Å². The lowest BCUT2D eigenvalue weighted by atomic mass is 9.96. The number of rotatable bonds is 2. The van der Waals surface area contributed by atoms with Gasteiger partial charge in [-0.2, -0.15) is 0 Å². The summed E-state index contributed by atoms with van der Waals surface area (Å²) in [6, 6.07) is 12.6. The molecule has 2 aromatic carbocycles. The van der Waals surface area contributed by atoms with Crippen molar-refractivity contribution in [3.05, 3.63) is 47.5 Å². The summed E-state index contributed by atoms with van der Waals surface area (Å²) in [6.07, 6.45) is 0.885. The van der Waals surface area contributed by atoms with E-state index in [1.807, 2.05) is 6.07 Å². The second-order valence-electron chi connectivity index (χ2n) is 4.98. The van der Waals surface area contributed by atoms with Gasteiger partial charge >= 0.3 is 0 Å². The van der Waals surface area contributed by atoms with Crippen LogP contribution in [0.4, 0.5) is 0 Å². The first-order valence-electron chi connectivity index (χ1n) is 6.59. The van der Waals surface area contributed by atoms with Crippen LogP contribution >= 0.6 is 0 Å². The first kappa shape index (κ1) is 12.2. The van der Waals surface area contributed by atoms with Crippen molar-refractivity contribution >= 4 is 17.2 Å². The lowest BCUT2D eigenvalue weighted by Crippen LogP contribution is -2.37. The van der Waals surface area contributed by atoms with Crippen molar-refractivity contribution in [2.45, 2.75) is 13.0 Å². The minimum Gasteiger partial charge on any atom is -0.370 e. The van der Waals surface area contributed by atoms with Crippen LogP contribution in [-0.4, -0.2) is 31.0 Å². The largest absolute Gasteiger partial charge is 0.370 e. The van der Waals surface area contributed by atoms with Crippen LogP contribution in [0.15, 0.2) is 36.4 Å². The molecule has 0 bridgehead atoms. The highest BCUT2D eigenvalue weighted by Gasteiger charge is 2.22. The van der Waals surface area contributed by atoms with Gasteiger partial charge in [0.1, 0.15) is 6.10 Å². The van der Waals surface area contributed by atoms with Crippen molar-refractivity contribution in [3.63, 3.8) is 0 Å². The summed E-state index contributed by atoms with van der Waals surface area (Å²) in [5, 5.41) is 2.48. The Balaban J connectivity index is 2.05. The van der Waals surface area contributed by atoms with Gasteiger partial charge in [-0.25, -0.2) is 0 Å². The van der Waals surface area contributed by atoms with Crippen LogP contribution in [-0.2, 0) is 9.53 Å². The zero-order valence-electron chi connectivity index (χ0n) is 11.0. The molecule has 0 aromatic heterocycles. The third-order valence-corrected chi connectivity index (χ3v) is 3.77. The summed E-state index contributed by atoms with van der Waals surface area (Å²) in [6.45, 7) is 4.04. The van der Waals surface area contributed by atoms with Crippen LogP contribution in [0.5, 0.6) is 0 Å². The number of carbonyl (C=O) groups is 1. The Bertz CT molecular complexity index is 609. The minimum absolute atomic E-state index is 0.0237. The number of benzene rings is 2. The summed E-state index contributed by atoms with van der Waals surface area (Å²) < 4.78 is 5.84. The first-order chi connectivity index (χ1) is 9.29. The Morgan fingerprint density at radius 3 is 2.79 bits per heavy atom. The molecule has 0 aliphatic carbocycles. The molecule has 19 heavy (non-hydrogen) atoms. The molecule has 1 atom stereocenters.